The van der Waals surface area contributed by atoms with E-state index in [-0.39, 0.29) is 11.9 Å². The Labute approximate surface area is 710 Å². The molecule has 25 nitrogen and oxygen atoms in total. The van der Waals surface area contributed by atoms with E-state index in [0.717, 1.165) is 136 Å². The van der Waals surface area contributed by atoms with E-state index in [4.69, 9.17) is 77.0 Å². The van der Waals surface area contributed by atoms with Crippen molar-refractivity contribution in [2.75, 3.05) is 125 Å². The van der Waals surface area contributed by atoms with Crippen molar-refractivity contribution in [2.45, 2.75) is 384 Å². The summed E-state index contributed by atoms with van der Waals surface area (Å²) in [5.41, 5.74) is 55.9. The van der Waals surface area contributed by atoms with Crippen LogP contribution >= 0.6 is 0 Å². The van der Waals surface area contributed by atoms with E-state index in [1.54, 1.807) is 19.0 Å². The molecule has 3 heterocycles. The zero-order chi connectivity index (χ0) is 87.0. The van der Waals surface area contributed by atoms with Crippen LogP contribution in [0.15, 0.2) is 47.6 Å². The van der Waals surface area contributed by atoms with Gasteiger partial charge in [-0.2, -0.15) is 0 Å². The summed E-state index contributed by atoms with van der Waals surface area (Å²) in [6, 6.07) is 0. The number of amidine groups is 1. The van der Waals surface area contributed by atoms with Gasteiger partial charge in [0.1, 0.15) is 0 Å². The Balaban J connectivity index is -0.000000183. The maximum atomic E-state index is 6.91. The Morgan fingerprint density at radius 2 is 0.591 bits per heavy atom. The second-order valence-corrected chi connectivity index (χ2v) is 29.1. The Morgan fingerprint density at radius 3 is 0.957 bits per heavy atom. The molecule has 0 amide bonds. The minimum absolute atomic E-state index is 0.193. The minimum atomic E-state index is 0.193. The number of aliphatic imine (C=N–C) groups is 2. The fraction of sp³-hybridized carbons (Fsp3) is 0.867. The molecule has 3 aromatic heterocycles. The normalized spacial score (nSPS) is 10.1. The Kier molecular flexibility index (Phi) is 139. The lowest BCUT2D eigenvalue weighted by molar-refractivity contribution is 0.0497. The lowest BCUT2D eigenvalue weighted by atomic mass is 10.1. The van der Waals surface area contributed by atoms with E-state index in [2.05, 4.69) is 132 Å². The predicted molar refractivity (Wildman–Crippen MR) is 507 cm³/mol. The molecule has 0 atom stereocenters. The predicted octanol–water partition coefficient (Wildman–Crippen LogP) is 17.6. The molecule has 0 fully saturated rings. The molecule has 25 heteroatoms. The Bertz CT molecular complexity index is 2010. The number of hydrogen-bond donors (Lipinski definition) is 17. The van der Waals surface area contributed by atoms with E-state index in [1.807, 2.05) is 18.6 Å². The highest BCUT2D eigenvalue weighted by atomic mass is 16.5. The van der Waals surface area contributed by atoms with Crippen LogP contribution in [0.1, 0.15) is 382 Å². The number of nitrogens with one attached hydrogen (secondary N) is 7. The van der Waals surface area contributed by atoms with Crippen LogP contribution in [0.25, 0.3) is 0 Å². The number of aromatic nitrogens is 6. The molecule has 27 N–H and O–H groups in total. The summed E-state index contributed by atoms with van der Waals surface area (Å²) in [5.74, 6) is 0.723. The average molecular weight is 1640 g/mol. The second-order valence-electron chi connectivity index (χ2n) is 29.1. The van der Waals surface area contributed by atoms with Gasteiger partial charge < -0.3 is 102 Å². The maximum Gasteiger partial charge on any atom is 0.185 e. The van der Waals surface area contributed by atoms with Crippen molar-refractivity contribution >= 4 is 17.8 Å². The fourth-order valence-electron chi connectivity index (χ4n) is 10.0. The van der Waals surface area contributed by atoms with Gasteiger partial charge in [0, 0.05) is 94.6 Å². The number of guanidine groups is 2. The molecule has 0 aliphatic carbocycles. The molecule has 3 aromatic rings. The lowest BCUT2D eigenvalue weighted by Gasteiger charge is -2.04. The third-order valence-electron chi connectivity index (χ3n) is 17.2. The van der Waals surface area contributed by atoms with E-state index >= 15 is 0 Å². The number of ether oxygens (including phenoxy) is 3. The van der Waals surface area contributed by atoms with Crippen molar-refractivity contribution in [3.63, 3.8) is 0 Å². The first-order valence-corrected chi connectivity index (χ1v) is 46.9. The van der Waals surface area contributed by atoms with Gasteiger partial charge in [-0.05, 0) is 155 Å². The average Bonchev–Trinajstić information content (AvgIpc) is 1.87. The summed E-state index contributed by atoms with van der Waals surface area (Å²) in [4.78, 5) is 28.7. The van der Waals surface area contributed by atoms with Gasteiger partial charge in [0.05, 0.1) is 51.2 Å². The van der Waals surface area contributed by atoms with Crippen LogP contribution in [-0.4, -0.2) is 172 Å². The number of rotatable bonds is 68. The lowest BCUT2D eigenvalue weighted by Crippen LogP contribution is -2.23. The molecule has 0 saturated carbocycles. The summed E-state index contributed by atoms with van der Waals surface area (Å²) in [6.45, 7) is 40.5. The number of nitrogens with zero attached hydrogens (tertiary/aromatic N) is 5. The monoisotopic (exact) mass is 1640 g/mol. The molecule has 0 bridgehead atoms. The summed E-state index contributed by atoms with van der Waals surface area (Å²) < 4.78 is 15.5. The quantitative estimate of drug-likeness (QED) is 0.0142. The Morgan fingerprint density at radius 1 is 0.296 bits per heavy atom. The molecule has 0 unspecified atom stereocenters. The van der Waals surface area contributed by atoms with Crippen LogP contribution in [0.5, 0.6) is 0 Å². The van der Waals surface area contributed by atoms with Gasteiger partial charge >= 0.3 is 0 Å². The van der Waals surface area contributed by atoms with Crippen LogP contribution in [0, 0.1) is 5.41 Å². The third-order valence-corrected chi connectivity index (χ3v) is 17.2. The second kappa shape index (κ2) is 127. The summed E-state index contributed by atoms with van der Waals surface area (Å²) in [5, 5.41) is 17.1. The van der Waals surface area contributed by atoms with Crippen LogP contribution in [-0.2, 0) is 33.5 Å². The van der Waals surface area contributed by atoms with Crippen molar-refractivity contribution in [3.05, 3.63) is 54.7 Å². The van der Waals surface area contributed by atoms with Crippen LogP contribution in [0.3, 0.4) is 0 Å². The molecule has 115 heavy (non-hydrogen) atoms. The maximum absolute atomic E-state index is 6.91. The number of nitrogens with two attached hydrogens (primary N) is 10. The number of unbranched alkanes of at least 4 members (excludes halogenated alkanes) is 31. The van der Waals surface area contributed by atoms with Crippen molar-refractivity contribution < 1.29 is 14.2 Å². The number of aryl methyl sites for hydroxylation is 3. The fourth-order valence-corrected chi connectivity index (χ4v) is 10.0. The van der Waals surface area contributed by atoms with Crippen molar-refractivity contribution in [2.24, 2.45) is 67.3 Å². The number of imidazole rings is 3. The summed E-state index contributed by atoms with van der Waals surface area (Å²) >= 11 is 0. The highest BCUT2D eigenvalue weighted by molar-refractivity contribution is 5.76. The third kappa shape index (κ3) is 148. The number of H-pyrrole nitrogens is 3. The Hall–Kier alpha value is -4.80. The zero-order valence-corrected chi connectivity index (χ0v) is 77.6. The molecule has 0 aliphatic rings. The molecule has 0 saturated heterocycles. The SMILES string of the molecule is CCCCCCC(=N)N.CCCCCCCCCCNCCCN.CCCCCCCCCN.CCCCCCN=C(N)N.CCCCCCc1cnc[nH]1.CCCCCc1cnc[nH]1.CCCCN=C(N)N.CCCCNCCCCCNCCN.CCCCOCCN.CCCCOCCOCCN.CCCCc1cnc[nH]1. The highest BCUT2D eigenvalue weighted by Gasteiger charge is 1.98. The van der Waals surface area contributed by atoms with E-state index in [9.17, 15) is 0 Å². The molecule has 688 valence electrons. The standard InChI is InChI=1S/C13H30N2.C11H27N3.C9H16N2.C9H21N.C8H14N2.C8H19NO2.C7H17N3.C7H12N2.C7H16N2.C6H15NO.C5H13N3/c1-2-3-4-5-6-7-8-9-12-15-13-10-11-14;1-2-3-8-13-9-5-4-6-10-14-11-7-12;1-2-3-4-5-6-9-7-10-8-11-9;1-2-3-4-5-6-7-8-9-10;1-2-3-4-5-8-6-9-7-10-8;1-2-3-5-10-7-8-11-6-4-9;1-2-3-4-5-6-10-7(8)9;1-2-3-4-7-5-8-6-9-7;1-2-3-4-5-6-7(8)9;1-2-3-5-8-6-4-7;1-2-3-4-8-5(6)7/h15H,2-14H2,1H3;13-14H,2-12H2,1H3;7-8H,2-6H2,1H3,(H,10,11);2-10H2,1H3;6-7H,2-5H2,1H3,(H,9,10);2-9H2,1H3;2-6H2,1H3,(H4,8,9,10);5-6H,2-4H2,1H3,(H,8,9);2-6H2,1H3,(H3,8,9);2-7H2,1H3;2-4H2,1H3,(H4,6,7,8). The van der Waals surface area contributed by atoms with Gasteiger partial charge in [0.2, 0.25) is 0 Å². The number of hydrogen-bond acceptors (Lipinski definition) is 17. The molecule has 3 rings (SSSR count). The van der Waals surface area contributed by atoms with Crippen LogP contribution in [0.4, 0.5) is 0 Å². The molecular formula is C90H200N22O3. The topological polar surface area (TPSA) is 459 Å². The first-order chi connectivity index (χ1) is 56.2. The van der Waals surface area contributed by atoms with Gasteiger partial charge in [-0.25, -0.2) is 15.0 Å². The molecule has 0 aliphatic heterocycles. The van der Waals surface area contributed by atoms with Crippen LogP contribution in [0.2, 0.25) is 0 Å². The van der Waals surface area contributed by atoms with Crippen molar-refractivity contribution in [1.82, 2.24) is 45.9 Å². The summed E-state index contributed by atoms with van der Waals surface area (Å²) in [7, 11) is 0. The zero-order valence-electron chi connectivity index (χ0n) is 77.6. The first-order valence-electron chi connectivity index (χ1n) is 46.9. The van der Waals surface area contributed by atoms with Gasteiger partial charge in [-0.3, -0.25) is 15.4 Å². The molecular weight excluding hydrogens is 1440 g/mol. The molecule has 0 aromatic carbocycles. The molecule has 0 radical (unpaired) electrons. The van der Waals surface area contributed by atoms with E-state index in [1.165, 1.54) is 274 Å². The molecule has 0 spiro atoms. The largest absolute Gasteiger partial charge is 0.388 e. The smallest absolute Gasteiger partial charge is 0.185 e. The van der Waals surface area contributed by atoms with E-state index in [0.29, 0.717) is 45.4 Å². The van der Waals surface area contributed by atoms with Gasteiger partial charge in [-0.1, -0.05) is 269 Å². The minimum Gasteiger partial charge on any atom is -0.388 e. The van der Waals surface area contributed by atoms with Gasteiger partial charge in [0.25, 0.3) is 0 Å². The van der Waals surface area contributed by atoms with Crippen molar-refractivity contribution in [1.29, 1.82) is 5.41 Å². The number of aromatic amines is 3. The van der Waals surface area contributed by atoms with Crippen LogP contribution < -0.4 is 73.3 Å². The summed E-state index contributed by atoms with van der Waals surface area (Å²) in [6.07, 6.45) is 71.7. The van der Waals surface area contributed by atoms with E-state index < -0.39 is 0 Å². The van der Waals surface area contributed by atoms with Crippen molar-refractivity contribution in [3.8, 4) is 0 Å². The highest BCUT2D eigenvalue weighted by Crippen LogP contribution is 2.10. The van der Waals surface area contributed by atoms with Gasteiger partial charge in [-0.15, -0.1) is 0 Å². The van der Waals surface area contributed by atoms with Gasteiger partial charge in [0.15, 0.2) is 11.9 Å². The first kappa shape index (κ1) is 126.